The quantitative estimate of drug-likeness (QED) is 0.305. The molecular formula is C17H42O6Si4. The van der Waals surface area contributed by atoms with Gasteiger partial charge in [-0.25, -0.2) is 0 Å². The van der Waals surface area contributed by atoms with Gasteiger partial charge >= 0.3 is 25.7 Å². The Kier molecular flexibility index (Phi) is 10.6. The Hall–Kier alpha value is 0.628. The Balaban J connectivity index is 2.26. The zero-order valence-electron chi connectivity index (χ0n) is 18.8. The van der Waals surface area contributed by atoms with Gasteiger partial charge in [0, 0.05) is 21.8 Å². The first-order valence-corrected chi connectivity index (χ1v) is 21.7. The minimum absolute atomic E-state index is 0.636. The Morgan fingerprint density at radius 1 is 0.704 bits per heavy atom. The molecule has 0 N–H and O–H groups in total. The summed E-state index contributed by atoms with van der Waals surface area (Å²) in [6.45, 7) is 19.2. The van der Waals surface area contributed by atoms with Gasteiger partial charge in [0.05, 0.1) is 26.4 Å². The summed E-state index contributed by atoms with van der Waals surface area (Å²) in [4.78, 5) is 0. The second-order valence-corrected chi connectivity index (χ2v) is 25.4. The van der Waals surface area contributed by atoms with Crippen molar-refractivity contribution in [3.8, 4) is 0 Å². The molecule has 0 aromatic heterocycles. The summed E-state index contributed by atoms with van der Waals surface area (Å²) in [5, 5.41) is 0. The first kappa shape index (κ1) is 25.7. The molecule has 1 saturated heterocycles. The van der Waals surface area contributed by atoms with E-state index in [2.05, 4.69) is 45.8 Å². The van der Waals surface area contributed by atoms with Gasteiger partial charge in [-0.05, 0) is 45.2 Å². The molecule has 0 unspecified atom stereocenters. The molecule has 1 fully saturated rings. The van der Waals surface area contributed by atoms with Crippen molar-refractivity contribution >= 4 is 33.8 Å². The third-order valence-corrected chi connectivity index (χ3v) is 20.9. The van der Waals surface area contributed by atoms with Gasteiger partial charge in [-0.15, -0.1) is 0 Å². The van der Waals surface area contributed by atoms with Crippen LogP contribution in [0.1, 0.15) is 6.42 Å². The van der Waals surface area contributed by atoms with Crippen molar-refractivity contribution in [1.29, 1.82) is 0 Å². The number of hydrogen-bond donors (Lipinski definition) is 0. The molecule has 27 heavy (non-hydrogen) atoms. The Morgan fingerprint density at radius 2 is 1.22 bits per heavy atom. The highest BCUT2D eigenvalue weighted by molar-refractivity contribution is 6.93. The second kappa shape index (κ2) is 11.1. The molecule has 0 aliphatic carbocycles. The maximum absolute atomic E-state index is 6.43. The fraction of sp³-hybridized carbons (Fsp3) is 1.00. The van der Waals surface area contributed by atoms with Gasteiger partial charge in [0.15, 0.2) is 0 Å². The van der Waals surface area contributed by atoms with Gasteiger partial charge < -0.3 is 26.6 Å². The molecule has 1 heterocycles. The molecule has 1 aliphatic heterocycles. The van der Waals surface area contributed by atoms with Crippen LogP contribution in [0.2, 0.25) is 64.0 Å². The molecule has 0 saturated carbocycles. The molecule has 1 aliphatic rings. The van der Waals surface area contributed by atoms with Crippen molar-refractivity contribution in [1.82, 2.24) is 0 Å². The zero-order chi connectivity index (χ0) is 20.6. The van der Waals surface area contributed by atoms with Crippen LogP contribution in [0.4, 0.5) is 0 Å². The van der Waals surface area contributed by atoms with Crippen molar-refractivity contribution in [3.63, 3.8) is 0 Å². The Labute approximate surface area is 171 Å². The van der Waals surface area contributed by atoms with Crippen molar-refractivity contribution < 1.29 is 26.6 Å². The van der Waals surface area contributed by atoms with E-state index in [0.29, 0.717) is 26.4 Å². The smallest absolute Gasteiger partial charge is 0.317 e. The lowest BCUT2D eigenvalue weighted by molar-refractivity contribution is 0.0249. The molecule has 0 bridgehead atoms. The van der Waals surface area contributed by atoms with Gasteiger partial charge in [0.1, 0.15) is 0 Å². The summed E-state index contributed by atoms with van der Waals surface area (Å²) in [6.07, 6.45) is 1.13. The Bertz CT molecular complexity index is 418. The van der Waals surface area contributed by atoms with Crippen LogP contribution in [0.25, 0.3) is 0 Å². The highest BCUT2D eigenvalue weighted by Gasteiger charge is 2.52. The molecule has 0 atom stereocenters. The molecule has 162 valence electrons. The average molecular weight is 455 g/mol. The largest absolute Gasteiger partial charge is 0.416 e. The van der Waals surface area contributed by atoms with E-state index in [0.717, 1.165) is 19.1 Å². The highest BCUT2D eigenvalue weighted by Crippen LogP contribution is 2.35. The predicted octanol–water partition coefficient (Wildman–Crippen LogP) is 4.30. The summed E-state index contributed by atoms with van der Waals surface area (Å²) in [5.41, 5.74) is 0. The van der Waals surface area contributed by atoms with Gasteiger partial charge in [0.25, 0.3) is 0 Å². The maximum atomic E-state index is 6.43. The standard InChI is InChI=1S/C17H42O6Si4/c1-18-11-12-20-14-13-19-10-9-15-24(2,3)16-17-27(8)22-25(4,5)21-26(6,7)23-27/h9-17H2,1-8H3. The molecule has 0 spiro atoms. The van der Waals surface area contributed by atoms with E-state index in [4.69, 9.17) is 26.6 Å². The van der Waals surface area contributed by atoms with Crippen LogP contribution in [-0.4, -0.2) is 73.9 Å². The van der Waals surface area contributed by atoms with E-state index in [1.807, 2.05) is 0 Å². The lowest BCUT2D eigenvalue weighted by atomic mass is 10.5. The summed E-state index contributed by atoms with van der Waals surface area (Å²) in [7, 11) is -5.79. The Morgan fingerprint density at radius 3 is 1.78 bits per heavy atom. The summed E-state index contributed by atoms with van der Waals surface area (Å²) in [6, 6.07) is 3.63. The molecule has 0 aromatic rings. The maximum Gasteiger partial charge on any atom is 0.317 e. The lowest BCUT2D eigenvalue weighted by Gasteiger charge is -2.48. The van der Waals surface area contributed by atoms with E-state index in [9.17, 15) is 0 Å². The fourth-order valence-electron chi connectivity index (χ4n) is 3.60. The van der Waals surface area contributed by atoms with Gasteiger partial charge in [-0.1, -0.05) is 25.2 Å². The molecule has 0 aromatic carbocycles. The highest BCUT2D eigenvalue weighted by atomic mass is 28.5. The van der Waals surface area contributed by atoms with Crippen LogP contribution in [-0.2, 0) is 26.6 Å². The molecule has 10 heteroatoms. The van der Waals surface area contributed by atoms with Crippen molar-refractivity contribution in [2.45, 2.75) is 70.4 Å². The third-order valence-electron chi connectivity index (χ3n) is 4.62. The van der Waals surface area contributed by atoms with E-state index >= 15 is 0 Å². The normalized spacial score (nSPS) is 21.3. The summed E-state index contributed by atoms with van der Waals surface area (Å²) < 4.78 is 35.1. The van der Waals surface area contributed by atoms with Gasteiger partial charge in [-0.2, -0.15) is 0 Å². The van der Waals surface area contributed by atoms with Crippen LogP contribution in [0.15, 0.2) is 0 Å². The fourth-order valence-corrected chi connectivity index (χ4v) is 25.0. The van der Waals surface area contributed by atoms with Crippen LogP contribution in [0.5, 0.6) is 0 Å². The van der Waals surface area contributed by atoms with Crippen LogP contribution < -0.4 is 0 Å². The molecule has 1 rings (SSSR count). The van der Waals surface area contributed by atoms with Crippen LogP contribution in [0.3, 0.4) is 0 Å². The SMILES string of the molecule is COCCOCCOCCC[Si](C)(C)CC[Si]1(C)O[Si](C)(C)O[Si](C)(C)O1. The number of methoxy groups -OCH3 is 1. The minimum Gasteiger partial charge on any atom is -0.416 e. The van der Waals surface area contributed by atoms with Gasteiger partial charge in [-0.3, -0.25) is 0 Å². The van der Waals surface area contributed by atoms with E-state index in [1.54, 1.807) is 7.11 Å². The third kappa shape index (κ3) is 11.4. The number of rotatable bonds is 13. The predicted molar refractivity (Wildman–Crippen MR) is 120 cm³/mol. The van der Waals surface area contributed by atoms with E-state index in [-0.39, 0.29) is 0 Å². The van der Waals surface area contributed by atoms with Crippen LogP contribution in [0, 0.1) is 0 Å². The first-order valence-electron chi connectivity index (χ1n) is 10.1. The van der Waals surface area contributed by atoms with Gasteiger partial charge in [0.2, 0.25) is 0 Å². The average Bonchev–Trinajstić information content (AvgIpc) is 2.48. The van der Waals surface area contributed by atoms with E-state index in [1.165, 1.54) is 12.1 Å². The van der Waals surface area contributed by atoms with Crippen molar-refractivity contribution in [2.24, 2.45) is 0 Å². The van der Waals surface area contributed by atoms with Crippen molar-refractivity contribution in [2.75, 3.05) is 40.1 Å². The molecule has 0 amide bonds. The second-order valence-electron chi connectivity index (χ2n) is 9.22. The minimum atomic E-state index is -2.12. The van der Waals surface area contributed by atoms with E-state index < -0.39 is 33.8 Å². The summed E-state index contributed by atoms with van der Waals surface area (Å²) >= 11 is 0. The summed E-state index contributed by atoms with van der Waals surface area (Å²) in [5.74, 6) is 0. The molecular weight excluding hydrogens is 413 g/mol. The zero-order valence-corrected chi connectivity index (χ0v) is 22.8. The van der Waals surface area contributed by atoms with Crippen LogP contribution >= 0.6 is 0 Å². The number of hydrogen-bond acceptors (Lipinski definition) is 6. The lowest BCUT2D eigenvalue weighted by Crippen LogP contribution is -2.65. The first-order chi connectivity index (χ1) is 12.4. The molecule has 0 radical (unpaired) electrons. The van der Waals surface area contributed by atoms with Crippen molar-refractivity contribution in [3.05, 3.63) is 0 Å². The molecule has 6 nitrogen and oxygen atoms in total. The number of ether oxygens (including phenoxy) is 3. The topological polar surface area (TPSA) is 55.4 Å². The monoisotopic (exact) mass is 454 g/mol.